The fraction of sp³-hybridized carbons (Fsp3) is 0. The highest BCUT2D eigenvalue weighted by molar-refractivity contribution is 6.31. The second-order valence-corrected chi connectivity index (χ2v) is 5.18. The predicted molar refractivity (Wildman–Crippen MR) is 84.6 cm³/mol. The van der Waals surface area contributed by atoms with Crippen LogP contribution in [0.15, 0.2) is 52.1 Å². The molecule has 0 amide bonds. The first kappa shape index (κ1) is 14.2. The summed E-state index contributed by atoms with van der Waals surface area (Å²) < 4.78 is 0. The molecule has 1 aromatic heterocycles. The summed E-state index contributed by atoms with van der Waals surface area (Å²) in [5, 5.41) is 20.5. The van der Waals surface area contributed by atoms with Gasteiger partial charge in [-0.2, -0.15) is 0 Å². The molecule has 3 N–H and O–H groups in total. The first-order valence-corrected chi connectivity index (χ1v) is 6.73. The van der Waals surface area contributed by atoms with Gasteiger partial charge in [0.25, 0.3) is 11.0 Å². The van der Waals surface area contributed by atoms with Crippen LogP contribution < -0.4 is 11.0 Å². The van der Waals surface area contributed by atoms with Crippen molar-refractivity contribution in [2.45, 2.75) is 0 Å². The SMILES string of the molecule is O=c1[nH]c2cc(Cl)ccc2c(O)c(-c2ccc(O)cc2)c1=O. The molecule has 0 radical (unpaired) electrons. The van der Waals surface area contributed by atoms with E-state index in [2.05, 4.69) is 4.98 Å². The van der Waals surface area contributed by atoms with Crippen LogP contribution in [-0.4, -0.2) is 15.2 Å². The lowest BCUT2D eigenvalue weighted by Gasteiger charge is -2.03. The van der Waals surface area contributed by atoms with Gasteiger partial charge in [-0.1, -0.05) is 23.7 Å². The molecular weight excluding hydrogens is 306 g/mol. The van der Waals surface area contributed by atoms with E-state index in [1.165, 1.54) is 36.4 Å². The number of phenolic OH excluding ortho intramolecular Hbond substituents is 1. The molecule has 110 valence electrons. The normalized spacial score (nSPS) is 10.8. The second kappa shape index (κ2) is 5.20. The highest BCUT2D eigenvalue weighted by Gasteiger charge is 2.14. The zero-order chi connectivity index (χ0) is 15.9. The number of aromatic nitrogens is 1. The largest absolute Gasteiger partial charge is 0.508 e. The van der Waals surface area contributed by atoms with Crippen molar-refractivity contribution in [3.05, 3.63) is 68.1 Å². The molecule has 5 nitrogen and oxygen atoms in total. The Hall–Kier alpha value is -2.79. The van der Waals surface area contributed by atoms with Crippen molar-refractivity contribution in [2.75, 3.05) is 0 Å². The van der Waals surface area contributed by atoms with Crippen LogP contribution in [0, 0.1) is 0 Å². The number of benzene rings is 2. The summed E-state index contributed by atoms with van der Waals surface area (Å²) in [4.78, 5) is 26.7. The molecule has 0 aliphatic heterocycles. The number of phenols is 1. The Bertz CT molecular complexity index is 994. The van der Waals surface area contributed by atoms with E-state index in [9.17, 15) is 19.8 Å². The number of halogens is 1. The topological polar surface area (TPSA) is 90.4 Å². The maximum Gasteiger partial charge on any atom is 0.296 e. The third-order valence-corrected chi connectivity index (χ3v) is 3.55. The maximum atomic E-state index is 12.3. The number of H-pyrrole nitrogens is 1. The van der Waals surface area contributed by atoms with E-state index < -0.39 is 11.0 Å². The van der Waals surface area contributed by atoms with Gasteiger partial charge in [0.05, 0.1) is 11.1 Å². The first-order valence-electron chi connectivity index (χ1n) is 6.35. The van der Waals surface area contributed by atoms with Crippen molar-refractivity contribution < 1.29 is 10.2 Å². The lowest BCUT2D eigenvalue weighted by molar-refractivity contribution is 0.475. The van der Waals surface area contributed by atoms with Crippen LogP contribution in [0.1, 0.15) is 0 Å². The molecule has 0 spiro atoms. The second-order valence-electron chi connectivity index (χ2n) is 4.74. The Morgan fingerprint density at radius 2 is 1.64 bits per heavy atom. The van der Waals surface area contributed by atoms with Crippen molar-refractivity contribution in [1.82, 2.24) is 4.98 Å². The molecule has 0 saturated carbocycles. The number of hydrogen-bond acceptors (Lipinski definition) is 4. The number of fused-ring (bicyclic) bond motifs is 1. The Morgan fingerprint density at radius 3 is 2.32 bits per heavy atom. The van der Waals surface area contributed by atoms with E-state index in [0.29, 0.717) is 16.0 Å². The fourth-order valence-corrected chi connectivity index (χ4v) is 2.43. The molecule has 2 aromatic carbocycles. The van der Waals surface area contributed by atoms with Crippen LogP contribution in [0.3, 0.4) is 0 Å². The van der Waals surface area contributed by atoms with Crippen molar-refractivity contribution in [3.8, 4) is 22.6 Å². The highest BCUT2D eigenvalue weighted by Crippen LogP contribution is 2.32. The highest BCUT2D eigenvalue weighted by atomic mass is 35.5. The molecule has 6 heteroatoms. The third kappa shape index (κ3) is 2.31. The number of nitrogens with one attached hydrogen (secondary N) is 1. The fourth-order valence-electron chi connectivity index (χ4n) is 2.26. The molecule has 0 aliphatic rings. The smallest absolute Gasteiger partial charge is 0.296 e. The van der Waals surface area contributed by atoms with Crippen LogP contribution >= 0.6 is 11.6 Å². The summed E-state index contributed by atoms with van der Waals surface area (Å²) in [6.45, 7) is 0. The molecule has 3 aromatic rings. The first-order chi connectivity index (χ1) is 10.5. The Kier molecular flexibility index (Phi) is 3.35. The van der Waals surface area contributed by atoms with Gasteiger partial charge in [0, 0.05) is 10.4 Å². The summed E-state index contributed by atoms with van der Waals surface area (Å²) in [6.07, 6.45) is 0. The molecular formula is C16H10ClNO4. The number of hydrogen-bond donors (Lipinski definition) is 3. The Balaban J connectivity index is 2.50. The average Bonchev–Trinajstić information content (AvgIpc) is 2.57. The van der Waals surface area contributed by atoms with E-state index >= 15 is 0 Å². The van der Waals surface area contributed by atoms with Gasteiger partial charge in [0.1, 0.15) is 11.5 Å². The van der Waals surface area contributed by atoms with Crippen LogP contribution in [-0.2, 0) is 0 Å². The lowest BCUT2D eigenvalue weighted by atomic mass is 10.0. The van der Waals surface area contributed by atoms with Gasteiger partial charge >= 0.3 is 0 Å². The van der Waals surface area contributed by atoms with Gasteiger partial charge in [-0.25, -0.2) is 0 Å². The van der Waals surface area contributed by atoms with Crippen LogP contribution in [0.5, 0.6) is 11.5 Å². The summed E-state index contributed by atoms with van der Waals surface area (Å²) in [5.41, 5.74) is -1.26. The lowest BCUT2D eigenvalue weighted by Crippen LogP contribution is -2.24. The number of aromatic hydroxyl groups is 2. The standard InChI is InChI=1S/C16H10ClNO4/c17-9-3-6-11-12(7-9)18-16(22)15(21)13(14(11)20)8-1-4-10(19)5-2-8/h1-7,19-20H,(H,18,21,22). The minimum absolute atomic E-state index is 0.0153. The molecule has 0 aliphatic carbocycles. The minimum atomic E-state index is -0.865. The van der Waals surface area contributed by atoms with Gasteiger partial charge in [0.15, 0.2) is 0 Å². The molecule has 3 rings (SSSR count). The molecule has 22 heavy (non-hydrogen) atoms. The molecule has 0 fully saturated rings. The van der Waals surface area contributed by atoms with E-state index in [1.54, 1.807) is 6.07 Å². The average molecular weight is 316 g/mol. The zero-order valence-electron chi connectivity index (χ0n) is 11.1. The van der Waals surface area contributed by atoms with Crippen LogP contribution in [0.4, 0.5) is 0 Å². The molecule has 1 heterocycles. The van der Waals surface area contributed by atoms with Gasteiger partial charge in [-0.05, 0) is 35.9 Å². The van der Waals surface area contributed by atoms with E-state index in [1.807, 2.05) is 0 Å². The van der Waals surface area contributed by atoms with Crippen molar-refractivity contribution in [3.63, 3.8) is 0 Å². The third-order valence-electron chi connectivity index (χ3n) is 3.31. The molecule has 0 bridgehead atoms. The summed E-state index contributed by atoms with van der Waals surface area (Å²) in [5.74, 6) is -0.303. The van der Waals surface area contributed by atoms with Gasteiger partial charge < -0.3 is 15.2 Å². The van der Waals surface area contributed by atoms with Gasteiger partial charge in [-0.15, -0.1) is 0 Å². The summed E-state index contributed by atoms with van der Waals surface area (Å²) in [7, 11) is 0. The zero-order valence-corrected chi connectivity index (χ0v) is 11.9. The summed E-state index contributed by atoms with van der Waals surface area (Å²) in [6, 6.07) is 10.2. The molecule has 0 atom stereocenters. The maximum absolute atomic E-state index is 12.3. The van der Waals surface area contributed by atoms with Crippen molar-refractivity contribution >= 4 is 22.5 Å². The molecule has 0 saturated heterocycles. The van der Waals surface area contributed by atoms with Crippen LogP contribution in [0.25, 0.3) is 22.0 Å². The predicted octanol–water partition coefficient (Wildman–Crippen LogP) is 2.62. The Labute approximate surface area is 129 Å². The van der Waals surface area contributed by atoms with Crippen molar-refractivity contribution in [2.24, 2.45) is 0 Å². The monoisotopic (exact) mass is 315 g/mol. The summed E-state index contributed by atoms with van der Waals surface area (Å²) >= 11 is 5.87. The number of rotatable bonds is 1. The van der Waals surface area contributed by atoms with Crippen molar-refractivity contribution in [1.29, 1.82) is 0 Å². The molecule has 0 unspecified atom stereocenters. The van der Waals surface area contributed by atoms with Crippen LogP contribution in [0.2, 0.25) is 5.02 Å². The van der Waals surface area contributed by atoms with Gasteiger partial charge in [0.2, 0.25) is 0 Å². The van der Waals surface area contributed by atoms with E-state index in [-0.39, 0.29) is 22.6 Å². The van der Waals surface area contributed by atoms with Gasteiger partial charge in [-0.3, -0.25) is 9.59 Å². The van der Waals surface area contributed by atoms with E-state index in [4.69, 9.17) is 11.6 Å². The minimum Gasteiger partial charge on any atom is -0.508 e. The van der Waals surface area contributed by atoms with E-state index in [0.717, 1.165) is 0 Å². The Morgan fingerprint density at radius 1 is 0.955 bits per heavy atom. The number of aromatic amines is 1. The quantitative estimate of drug-likeness (QED) is 0.602.